The Kier molecular flexibility index (Phi) is 9.28. The van der Waals surface area contributed by atoms with Gasteiger partial charge in [0.15, 0.2) is 0 Å². The van der Waals surface area contributed by atoms with Gasteiger partial charge in [0.1, 0.15) is 0 Å². The van der Waals surface area contributed by atoms with E-state index in [9.17, 15) is 14.7 Å². The SMILES string of the molecule is CN(C)c1ccc(C(=O)N2CCc3cc(C(=O)NC[C@H](O)CN4CCc5ccccc5C4)ccc3C2)cc1.Cl. The molecular weight excluding hydrogens is 512 g/mol. The van der Waals surface area contributed by atoms with E-state index in [2.05, 4.69) is 34.5 Å². The van der Waals surface area contributed by atoms with Crippen LogP contribution < -0.4 is 10.2 Å². The van der Waals surface area contributed by atoms with Gasteiger partial charge in [0.2, 0.25) is 0 Å². The van der Waals surface area contributed by atoms with Crippen molar-refractivity contribution in [3.63, 3.8) is 0 Å². The second-order valence-electron chi connectivity index (χ2n) is 10.5. The summed E-state index contributed by atoms with van der Waals surface area (Å²) in [5, 5.41) is 13.4. The van der Waals surface area contributed by atoms with Gasteiger partial charge >= 0.3 is 0 Å². The van der Waals surface area contributed by atoms with Gasteiger partial charge < -0.3 is 20.2 Å². The van der Waals surface area contributed by atoms with Crippen LogP contribution in [0.25, 0.3) is 0 Å². The highest BCUT2D eigenvalue weighted by atomic mass is 35.5. The van der Waals surface area contributed by atoms with E-state index in [1.165, 1.54) is 11.1 Å². The molecule has 39 heavy (non-hydrogen) atoms. The van der Waals surface area contributed by atoms with E-state index >= 15 is 0 Å². The summed E-state index contributed by atoms with van der Waals surface area (Å²) in [6, 6.07) is 21.8. The van der Waals surface area contributed by atoms with Crippen LogP contribution >= 0.6 is 12.4 Å². The molecule has 7 nitrogen and oxygen atoms in total. The second kappa shape index (κ2) is 12.6. The first-order valence-corrected chi connectivity index (χ1v) is 13.3. The number of aliphatic hydroxyl groups excluding tert-OH is 1. The zero-order chi connectivity index (χ0) is 26.6. The van der Waals surface area contributed by atoms with Crippen LogP contribution in [0, 0.1) is 0 Å². The van der Waals surface area contributed by atoms with E-state index in [0.717, 1.165) is 36.3 Å². The first-order chi connectivity index (χ1) is 18.4. The maximum Gasteiger partial charge on any atom is 0.254 e. The molecule has 2 amide bonds. The fraction of sp³-hybridized carbons (Fsp3) is 0.355. The molecule has 1 atom stereocenters. The molecule has 2 aliphatic rings. The average molecular weight is 549 g/mol. The number of carbonyl (C=O) groups is 2. The van der Waals surface area contributed by atoms with E-state index in [-0.39, 0.29) is 30.8 Å². The van der Waals surface area contributed by atoms with Crippen molar-refractivity contribution in [3.05, 3.63) is 100 Å². The number of carbonyl (C=O) groups excluding carboxylic acids is 2. The summed E-state index contributed by atoms with van der Waals surface area (Å²) < 4.78 is 0. The number of fused-ring (bicyclic) bond motifs is 2. The minimum absolute atomic E-state index is 0. The molecule has 0 radical (unpaired) electrons. The minimum Gasteiger partial charge on any atom is -0.390 e. The smallest absolute Gasteiger partial charge is 0.254 e. The summed E-state index contributed by atoms with van der Waals surface area (Å²) in [6.45, 7) is 3.62. The second-order valence-corrected chi connectivity index (χ2v) is 10.5. The summed E-state index contributed by atoms with van der Waals surface area (Å²) in [4.78, 5) is 32.0. The van der Waals surface area contributed by atoms with Gasteiger partial charge in [0.05, 0.1) is 6.10 Å². The molecule has 0 bridgehead atoms. The third-order valence-electron chi connectivity index (χ3n) is 7.58. The van der Waals surface area contributed by atoms with Crippen molar-refractivity contribution in [1.29, 1.82) is 0 Å². The first kappa shape index (κ1) is 28.6. The molecule has 3 aromatic rings. The highest BCUT2D eigenvalue weighted by molar-refractivity contribution is 5.95. The van der Waals surface area contributed by atoms with Crippen LogP contribution in [-0.4, -0.2) is 73.1 Å². The van der Waals surface area contributed by atoms with Crippen LogP contribution in [-0.2, 0) is 25.9 Å². The molecule has 8 heteroatoms. The lowest BCUT2D eigenvalue weighted by atomic mass is 9.96. The number of nitrogens with one attached hydrogen (secondary N) is 1. The van der Waals surface area contributed by atoms with Gasteiger partial charge in [-0.3, -0.25) is 14.5 Å². The van der Waals surface area contributed by atoms with Gasteiger partial charge in [0.25, 0.3) is 11.8 Å². The van der Waals surface area contributed by atoms with Crippen LogP contribution in [0.5, 0.6) is 0 Å². The Morgan fingerprint density at radius 1 is 0.872 bits per heavy atom. The number of aliphatic hydroxyl groups is 1. The Bertz CT molecular complexity index is 1310. The predicted molar refractivity (Wildman–Crippen MR) is 157 cm³/mol. The number of anilines is 1. The minimum atomic E-state index is -0.631. The van der Waals surface area contributed by atoms with E-state index in [0.29, 0.717) is 37.2 Å². The molecule has 0 saturated carbocycles. The maximum absolute atomic E-state index is 13.0. The summed E-state index contributed by atoms with van der Waals surface area (Å²) in [5.41, 5.74) is 7.18. The van der Waals surface area contributed by atoms with E-state index < -0.39 is 6.10 Å². The number of nitrogens with zero attached hydrogens (tertiary/aromatic N) is 3. The maximum atomic E-state index is 13.0. The molecule has 0 aliphatic carbocycles. The molecule has 0 fully saturated rings. The third kappa shape index (κ3) is 6.79. The van der Waals surface area contributed by atoms with Gasteiger partial charge in [0, 0.05) is 70.2 Å². The highest BCUT2D eigenvalue weighted by Crippen LogP contribution is 2.23. The predicted octanol–water partition coefficient (Wildman–Crippen LogP) is 3.52. The number of amides is 2. The molecule has 2 aliphatic heterocycles. The standard InChI is InChI=1S/C31H36N4O3.ClH/c1-33(2)28-11-9-23(10-12-28)31(38)35-16-14-24-17-25(7-8-27(24)20-35)30(37)32-18-29(36)21-34-15-13-22-5-3-4-6-26(22)19-34;/h3-12,17,29,36H,13-16,18-21H2,1-2H3,(H,32,37);1H/t29-;/m0./s1. The molecule has 3 aromatic carbocycles. The molecule has 0 unspecified atom stereocenters. The summed E-state index contributed by atoms with van der Waals surface area (Å²) in [6.07, 6.45) is 1.06. The largest absolute Gasteiger partial charge is 0.390 e. The lowest BCUT2D eigenvalue weighted by Crippen LogP contribution is -2.42. The number of halogens is 1. The molecular formula is C31H37ClN4O3. The van der Waals surface area contributed by atoms with Crippen molar-refractivity contribution in [1.82, 2.24) is 15.1 Å². The third-order valence-corrected chi connectivity index (χ3v) is 7.58. The normalized spacial score (nSPS) is 15.4. The van der Waals surface area contributed by atoms with Gasteiger partial charge in [-0.2, -0.15) is 0 Å². The topological polar surface area (TPSA) is 76.1 Å². The monoisotopic (exact) mass is 548 g/mol. The fourth-order valence-corrected chi connectivity index (χ4v) is 5.34. The van der Waals surface area contributed by atoms with Crippen LogP contribution in [0.2, 0.25) is 0 Å². The van der Waals surface area contributed by atoms with Crippen LogP contribution in [0.4, 0.5) is 5.69 Å². The fourth-order valence-electron chi connectivity index (χ4n) is 5.34. The summed E-state index contributed by atoms with van der Waals surface area (Å²) in [7, 11) is 3.95. The van der Waals surface area contributed by atoms with Crippen molar-refractivity contribution in [2.24, 2.45) is 0 Å². The zero-order valence-corrected chi connectivity index (χ0v) is 23.4. The van der Waals surface area contributed by atoms with Gasteiger partial charge in [-0.05, 0) is 71.5 Å². The van der Waals surface area contributed by atoms with Crippen molar-refractivity contribution in [2.75, 3.05) is 45.2 Å². The lowest BCUT2D eigenvalue weighted by molar-refractivity contribution is 0.0734. The van der Waals surface area contributed by atoms with Gasteiger partial charge in [-0.25, -0.2) is 0 Å². The molecule has 0 aromatic heterocycles. The van der Waals surface area contributed by atoms with Crippen LogP contribution in [0.1, 0.15) is 43.0 Å². The number of benzene rings is 3. The van der Waals surface area contributed by atoms with Crippen LogP contribution in [0.15, 0.2) is 66.7 Å². The van der Waals surface area contributed by atoms with Crippen molar-refractivity contribution < 1.29 is 14.7 Å². The molecule has 2 heterocycles. The summed E-state index contributed by atoms with van der Waals surface area (Å²) in [5.74, 6) is -0.163. The highest BCUT2D eigenvalue weighted by Gasteiger charge is 2.23. The Morgan fingerprint density at radius 2 is 1.54 bits per heavy atom. The molecule has 2 N–H and O–H groups in total. The van der Waals surface area contributed by atoms with Gasteiger partial charge in [-0.1, -0.05) is 30.3 Å². The molecule has 5 rings (SSSR count). The number of hydrogen-bond donors (Lipinski definition) is 2. The molecule has 0 spiro atoms. The molecule has 0 saturated heterocycles. The van der Waals surface area contributed by atoms with E-state index in [4.69, 9.17) is 0 Å². The summed E-state index contributed by atoms with van der Waals surface area (Å²) >= 11 is 0. The Labute approximate surface area is 236 Å². The van der Waals surface area contributed by atoms with Crippen LogP contribution in [0.3, 0.4) is 0 Å². The number of rotatable bonds is 7. The van der Waals surface area contributed by atoms with Crippen molar-refractivity contribution in [3.8, 4) is 0 Å². The van der Waals surface area contributed by atoms with E-state index in [1.807, 2.05) is 66.4 Å². The molecule has 206 valence electrons. The van der Waals surface area contributed by atoms with E-state index in [1.54, 1.807) is 0 Å². The van der Waals surface area contributed by atoms with Gasteiger partial charge in [-0.15, -0.1) is 12.4 Å². The zero-order valence-electron chi connectivity index (χ0n) is 22.6. The van der Waals surface area contributed by atoms with Crippen molar-refractivity contribution >= 4 is 29.9 Å². The lowest BCUT2D eigenvalue weighted by Gasteiger charge is -2.30. The first-order valence-electron chi connectivity index (χ1n) is 13.3. The van der Waals surface area contributed by atoms with Crippen molar-refractivity contribution in [2.45, 2.75) is 32.0 Å². The number of hydrogen-bond acceptors (Lipinski definition) is 5. The average Bonchev–Trinajstić information content (AvgIpc) is 2.95. The Hall–Kier alpha value is -3.39. The number of β-amino-alcohol motifs (C(OH)–C–C–N with tert-alkyl or cyclic N) is 1. The Morgan fingerprint density at radius 3 is 2.28 bits per heavy atom. The Balaban J connectivity index is 0.00000353. The quantitative estimate of drug-likeness (QED) is 0.472.